The van der Waals surface area contributed by atoms with Crippen molar-refractivity contribution in [2.24, 2.45) is 5.92 Å². The highest BCUT2D eigenvalue weighted by Gasteiger charge is 2.40. The number of methoxy groups -OCH3 is 2. The lowest BCUT2D eigenvalue weighted by molar-refractivity contribution is -0.139. The van der Waals surface area contributed by atoms with Gasteiger partial charge in [0.2, 0.25) is 11.8 Å². The molecule has 2 aliphatic heterocycles. The second kappa shape index (κ2) is 8.38. The molecule has 2 atom stereocenters. The molecule has 2 amide bonds. The molecule has 148 valence electrons. The van der Waals surface area contributed by atoms with Gasteiger partial charge in [0.05, 0.1) is 30.8 Å². The van der Waals surface area contributed by atoms with Crippen LogP contribution >= 0.6 is 11.6 Å². The van der Waals surface area contributed by atoms with Gasteiger partial charge in [-0.1, -0.05) is 18.5 Å². The molecular weight excluding hydrogens is 368 g/mol. The van der Waals surface area contributed by atoms with Crippen LogP contribution in [0.5, 0.6) is 11.5 Å². The van der Waals surface area contributed by atoms with Crippen molar-refractivity contribution in [1.82, 2.24) is 4.90 Å². The highest BCUT2D eigenvalue weighted by molar-refractivity contribution is 6.32. The van der Waals surface area contributed by atoms with Crippen LogP contribution < -0.4 is 14.4 Å². The zero-order valence-corrected chi connectivity index (χ0v) is 16.9. The Morgan fingerprint density at radius 2 is 1.96 bits per heavy atom. The lowest BCUT2D eigenvalue weighted by atomic mass is 9.97. The number of likely N-dealkylation sites (tertiary alicyclic amines) is 1. The molecule has 2 aliphatic rings. The van der Waals surface area contributed by atoms with Gasteiger partial charge in [-0.15, -0.1) is 0 Å². The summed E-state index contributed by atoms with van der Waals surface area (Å²) < 4.78 is 10.7. The minimum absolute atomic E-state index is 0.0823. The van der Waals surface area contributed by atoms with Crippen LogP contribution in [-0.4, -0.2) is 50.1 Å². The van der Waals surface area contributed by atoms with Gasteiger partial charge in [0.1, 0.15) is 11.5 Å². The predicted molar refractivity (Wildman–Crippen MR) is 105 cm³/mol. The van der Waals surface area contributed by atoms with E-state index in [4.69, 9.17) is 21.1 Å². The van der Waals surface area contributed by atoms with Gasteiger partial charge in [-0.05, 0) is 25.7 Å². The van der Waals surface area contributed by atoms with Crippen LogP contribution in [-0.2, 0) is 9.59 Å². The molecule has 27 heavy (non-hydrogen) atoms. The molecule has 2 fully saturated rings. The first-order valence-electron chi connectivity index (χ1n) is 9.52. The number of nitrogens with zero attached hydrogens (tertiary/aromatic N) is 2. The van der Waals surface area contributed by atoms with Crippen LogP contribution in [0, 0.1) is 5.92 Å². The molecule has 2 heterocycles. The fourth-order valence-electron chi connectivity index (χ4n) is 4.11. The third-order valence-electron chi connectivity index (χ3n) is 5.60. The second-order valence-electron chi connectivity index (χ2n) is 7.15. The average molecular weight is 395 g/mol. The Labute approximate surface area is 165 Å². The summed E-state index contributed by atoms with van der Waals surface area (Å²) in [7, 11) is 3.06. The van der Waals surface area contributed by atoms with E-state index in [1.54, 1.807) is 17.0 Å². The van der Waals surface area contributed by atoms with Gasteiger partial charge in [0.15, 0.2) is 0 Å². The Balaban J connectivity index is 1.82. The SMILES string of the molecule is CCC1CCCCN1C(=O)C1CC(=O)N(c2cc(OC)c(Cl)cc2OC)C1. The fraction of sp³-hybridized carbons (Fsp3) is 0.600. The lowest BCUT2D eigenvalue weighted by Crippen LogP contribution is -2.46. The van der Waals surface area contributed by atoms with Gasteiger partial charge in [0, 0.05) is 37.7 Å². The van der Waals surface area contributed by atoms with Gasteiger partial charge in [-0.25, -0.2) is 0 Å². The monoisotopic (exact) mass is 394 g/mol. The van der Waals surface area contributed by atoms with E-state index in [1.165, 1.54) is 20.6 Å². The van der Waals surface area contributed by atoms with Gasteiger partial charge in [0.25, 0.3) is 0 Å². The molecule has 7 heteroatoms. The summed E-state index contributed by atoms with van der Waals surface area (Å²) >= 11 is 6.17. The van der Waals surface area contributed by atoms with Gasteiger partial charge in [-0.3, -0.25) is 9.59 Å². The number of hydrogen-bond donors (Lipinski definition) is 0. The van der Waals surface area contributed by atoms with Crippen molar-refractivity contribution in [2.75, 3.05) is 32.2 Å². The van der Waals surface area contributed by atoms with Crippen molar-refractivity contribution in [3.8, 4) is 11.5 Å². The third kappa shape index (κ3) is 3.86. The van der Waals surface area contributed by atoms with Crippen LogP contribution in [0.2, 0.25) is 5.02 Å². The van der Waals surface area contributed by atoms with Crippen molar-refractivity contribution in [3.05, 3.63) is 17.2 Å². The van der Waals surface area contributed by atoms with E-state index in [0.717, 1.165) is 25.8 Å². The summed E-state index contributed by atoms with van der Waals surface area (Å²) in [6.45, 7) is 3.26. The number of piperidine rings is 1. The number of halogens is 1. The van der Waals surface area contributed by atoms with Crippen LogP contribution in [0.1, 0.15) is 39.0 Å². The molecule has 2 unspecified atom stereocenters. The molecular formula is C20H27ClN2O4. The van der Waals surface area contributed by atoms with E-state index in [0.29, 0.717) is 34.8 Å². The molecule has 0 spiro atoms. The van der Waals surface area contributed by atoms with E-state index < -0.39 is 0 Å². The maximum Gasteiger partial charge on any atom is 0.228 e. The number of rotatable bonds is 5. The number of hydrogen-bond acceptors (Lipinski definition) is 4. The lowest BCUT2D eigenvalue weighted by Gasteiger charge is -2.36. The smallest absolute Gasteiger partial charge is 0.228 e. The minimum atomic E-state index is -0.323. The Kier molecular flexibility index (Phi) is 6.15. The van der Waals surface area contributed by atoms with Crippen molar-refractivity contribution >= 4 is 29.1 Å². The normalized spacial score (nSPS) is 22.9. The topological polar surface area (TPSA) is 59.1 Å². The number of carbonyl (C=O) groups is 2. The Hall–Kier alpha value is -1.95. The van der Waals surface area contributed by atoms with Gasteiger partial charge >= 0.3 is 0 Å². The average Bonchev–Trinajstić information content (AvgIpc) is 3.08. The Morgan fingerprint density at radius 1 is 1.22 bits per heavy atom. The third-order valence-corrected chi connectivity index (χ3v) is 5.90. The molecule has 0 aromatic heterocycles. The number of benzene rings is 1. The van der Waals surface area contributed by atoms with Crippen molar-refractivity contribution < 1.29 is 19.1 Å². The molecule has 3 rings (SSSR count). The molecule has 0 aliphatic carbocycles. The second-order valence-corrected chi connectivity index (χ2v) is 7.56. The number of carbonyl (C=O) groups excluding carboxylic acids is 2. The van der Waals surface area contributed by atoms with Crippen molar-refractivity contribution in [1.29, 1.82) is 0 Å². The summed E-state index contributed by atoms with van der Waals surface area (Å²) in [5.41, 5.74) is 0.588. The summed E-state index contributed by atoms with van der Waals surface area (Å²) in [6, 6.07) is 3.62. The maximum absolute atomic E-state index is 13.1. The summed E-state index contributed by atoms with van der Waals surface area (Å²) in [6.07, 6.45) is 4.43. The number of anilines is 1. The highest BCUT2D eigenvalue weighted by Crippen LogP contribution is 2.40. The summed E-state index contributed by atoms with van der Waals surface area (Å²) in [5.74, 6) is 0.651. The first-order valence-corrected chi connectivity index (χ1v) is 9.90. The molecule has 0 radical (unpaired) electrons. The predicted octanol–water partition coefficient (Wildman–Crippen LogP) is 3.50. The van der Waals surface area contributed by atoms with Crippen LogP contribution in [0.15, 0.2) is 12.1 Å². The van der Waals surface area contributed by atoms with Gasteiger partial charge < -0.3 is 19.3 Å². The van der Waals surface area contributed by atoms with Crippen LogP contribution in [0.25, 0.3) is 0 Å². The van der Waals surface area contributed by atoms with Crippen LogP contribution in [0.4, 0.5) is 5.69 Å². The largest absolute Gasteiger partial charge is 0.495 e. The standard InChI is InChI=1S/C20H27ClN2O4/c1-4-14-7-5-6-8-22(14)20(25)13-9-19(24)23(12-13)16-11-17(26-2)15(21)10-18(16)27-3/h10-11,13-14H,4-9,12H2,1-3H3. The van der Waals surface area contributed by atoms with Crippen LogP contribution in [0.3, 0.4) is 0 Å². The minimum Gasteiger partial charge on any atom is -0.495 e. The zero-order chi connectivity index (χ0) is 19.6. The molecule has 0 bridgehead atoms. The van der Waals surface area contributed by atoms with Gasteiger partial charge in [-0.2, -0.15) is 0 Å². The van der Waals surface area contributed by atoms with E-state index in [2.05, 4.69) is 6.92 Å². The maximum atomic E-state index is 13.1. The molecule has 0 saturated carbocycles. The first kappa shape index (κ1) is 19.8. The summed E-state index contributed by atoms with van der Waals surface area (Å²) in [5, 5.41) is 0.413. The quantitative estimate of drug-likeness (QED) is 0.766. The molecule has 6 nitrogen and oxygen atoms in total. The molecule has 1 aromatic carbocycles. The molecule has 1 aromatic rings. The summed E-state index contributed by atoms with van der Waals surface area (Å²) in [4.78, 5) is 29.4. The van der Waals surface area contributed by atoms with E-state index in [9.17, 15) is 9.59 Å². The zero-order valence-electron chi connectivity index (χ0n) is 16.2. The number of amides is 2. The fourth-order valence-corrected chi connectivity index (χ4v) is 4.34. The Bertz CT molecular complexity index is 724. The van der Waals surface area contributed by atoms with Crippen molar-refractivity contribution in [2.45, 2.75) is 45.1 Å². The molecule has 2 saturated heterocycles. The molecule has 0 N–H and O–H groups in total. The number of ether oxygens (including phenoxy) is 2. The van der Waals surface area contributed by atoms with E-state index in [1.807, 2.05) is 4.90 Å². The van der Waals surface area contributed by atoms with Crippen molar-refractivity contribution in [3.63, 3.8) is 0 Å². The van der Waals surface area contributed by atoms with E-state index in [-0.39, 0.29) is 24.2 Å². The first-order chi connectivity index (χ1) is 13.0. The Morgan fingerprint density at radius 3 is 2.63 bits per heavy atom. The highest BCUT2D eigenvalue weighted by atomic mass is 35.5. The van der Waals surface area contributed by atoms with E-state index >= 15 is 0 Å².